The lowest BCUT2D eigenvalue weighted by Crippen LogP contribution is -2.30. The number of nitrogens with two attached hydrogens (primary N) is 1. The first-order valence-corrected chi connectivity index (χ1v) is 12.7. The topological polar surface area (TPSA) is 138 Å². The molecule has 2 amide bonds. The maximum Gasteiger partial charge on any atom is 0.360 e. The van der Waals surface area contributed by atoms with Crippen LogP contribution in [0.1, 0.15) is 70.1 Å². The Hall–Kier alpha value is -3.40. The SMILES string of the molecule is COCCOC(=O)c1ncn([C@H]2CCc3ccc(NC(=O)C4CC4)c(C(=O)NCC4CC4)c3C2)c1N. The Kier molecular flexibility index (Phi) is 6.95. The Morgan fingerprint density at radius 1 is 1.14 bits per heavy atom. The average molecular weight is 496 g/mol. The highest BCUT2D eigenvalue weighted by Gasteiger charge is 2.33. The van der Waals surface area contributed by atoms with Gasteiger partial charge in [-0.3, -0.25) is 9.59 Å². The van der Waals surface area contributed by atoms with Crippen molar-refractivity contribution in [3.63, 3.8) is 0 Å². The van der Waals surface area contributed by atoms with Crippen LogP contribution in [0.3, 0.4) is 0 Å². The first kappa shape index (κ1) is 24.3. The number of anilines is 2. The molecule has 0 aliphatic heterocycles. The number of esters is 1. The molecule has 1 heterocycles. The van der Waals surface area contributed by atoms with Crippen LogP contribution in [0.4, 0.5) is 11.5 Å². The van der Waals surface area contributed by atoms with Crippen LogP contribution in [0.15, 0.2) is 18.5 Å². The molecule has 10 heteroatoms. The van der Waals surface area contributed by atoms with Gasteiger partial charge < -0.3 is 30.4 Å². The molecule has 2 saturated carbocycles. The number of carbonyl (C=O) groups excluding carboxylic acids is 3. The maximum absolute atomic E-state index is 13.4. The molecule has 1 aromatic heterocycles. The lowest BCUT2D eigenvalue weighted by atomic mass is 9.84. The number of nitrogen functional groups attached to an aromatic ring is 1. The zero-order valence-electron chi connectivity index (χ0n) is 20.5. The molecule has 36 heavy (non-hydrogen) atoms. The van der Waals surface area contributed by atoms with Crippen molar-refractivity contribution < 1.29 is 23.9 Å². The number of aromatic nitrogens is 2. The van der Waals surface area contributed by atoms with Gasteiger partial charge in [-0.15, -0.1) is 0 Å². The fourth-order valence-corrected chi connectivity index (χ4v) is 4.75. The average Bonchev–Trinajstić information content (AvgIpc) is 3.80. The lowest BCUT2D eigenvalue weighted by Gasteiger charge is -2.29. The summed E-state index contributed by atoms with van der Waals surface area (Å²) in [4.78, 5) is 42.5. The van der Waals surface area contributed by atoms with E-state index in [0.29, 0.717) is 30.1 Å². The van der Waals surface area contributed by atoms with Gasteiger partial charge in [-0.1, -0.05) is 6.07 Å². The van der Waals surface area contributed by atoms with Crippen LogP contribution in [0.25, 0.3) is 0 Å². The maximum atomic E-state index is 13.4. The van der Waals surface area contributed by atoms with Gasteiger partial charge in [0.25, 0.3) is 5.91 Å². The quantitative estimate of drug-likeness (QED) is 0.340. The third-order valence-electron chi connectivity index (χ3n) is 7.22. The zero-order chi connectivity index (χ0) is 25.2. The van der Waals surface area contributed by atoms with Crippen molar-refractivity contribution in [3.8, 4) is 0 Å². The van der Waals surface area contributed by atoms with E-state index in [9.17, 15) is 14.4 Å². The fraction of sp³-hybridized carbons (Fsp3) is 0.538. The molecule has 3 aliphatic carbocycles. The molecule has 1 atom stereocenters. The molecule has 5 rings (SSSR count). The number of imidazole rings is 1. The van der Waals surface area contributed by atoms with E-state index >= 15 is 0 Å². The summed E-state index contributed by atoms with van der Waals surface area (Å²) in [6.45, 7) is 1.05. The monoisotopic (exact) mass is 495 g/mol. The van der Waals surface area contributed by atoms with Crippen LogP contribution in [0.5, 0.6) is 0 Å². The minimum atomic E-state index is -0.593. The van der Waals surface area contributed by atoms with Crippen LogP contribution in [-0.2, 0) is 27.1 Å². The molecule has 2 fully saturated rings. The Labute approximate surface area is 209 Å². The predicted molar refractivity (Wildman–Crippen MR) is 133 cm³/mol. The number of hydrogen-bond donors (Lipinski definition) is 3. The summed E-state index contributed by atoms with van der Waals surface area (Å²) in [6, 6.07) is 3.77. The van der Waals surface area contributed by atoms with Crippen molar-refractivity contribution in [2.45, 2.75) is 51.0 Å². The van der Waals surface area contributed by atoms with Gasteiger partial charge in [0, 0.05) is 25.6 Å². The lowest BCUT2D eigenvalue weighted by molar-refractivity contribution is -0.117. The van der Waals surface area contributed by atoms with E-state index in [1.54, 1.807) is 10.9 Å². The normalized spacial score (nSPS) is 18.9. The number of ether oxygens (including phenoxy) is 2. The molecule has 10 nitrogen and oxygen atoms in total. The Morgan fingerprint density at radius 2 is 1.94 bits per heavy atom. The van der Waals surface area contributed by atoms with Gasteiger partial charge in [0.1, 0.15) is 12.4 Å². The molecule has 0 saturated heterocycles. The Balaban J connectivity index is 1.40. The molecule has 3 aliphatic rings. The molecule has 192 valence electrons. The largest absolute Gasteiger partial charge is 0.458 e. The standard InChI is InChI=1S/C26H33N5O5/c1-35-10-11-36-26(34)22-23(27)31(14-29-22)18-8-6-16-7-9-20(30-24(32)17-4-5-17)21(19(16)12-18)25(33)28-13-15-2-3-15/h7,9,14-15,17-18H,2-6,8,10-13,27H2,1H3,(H,28,33)(H,30,32)/t18-/m0/s1. The van der Waals surface area contributed by atoms with E-state index < -0.39 is 5.97 Å². The molecule has 2 aromatic rings. The predicted octanol–water partition coefficient (Wildman–Crippen LogP) is 2.49. The van der Waals surface area contributed by atoms with Gasteiger partial charge >= 0.3 is 5.97 Å². The minimum absolute atomic E-state index is 0.0315. The van der Waals surface area contributed by atoms with E-state index in [-0.39, 0.29) is 48.5 Å². The number of methoxy groups -OCH3 is 1. The number of rotatable bonds is 10. The van der Waals surface area contributed by atoms with Crippen LogP contribution >= 0.6 is 0 Å². The van der Waals surface area contributed by atoms with Gasteiger partial charge in [0.05, 0.1) is 24.2 Å². The first-order chi connectivity index (χ1) is 17.5. The highest BCUT2D eigenvalue weighted by atomic mass is 16.6. The molecule has 4 N–H and O–H groups in total. The van der Waals surface area contributed by atoms with E-state index in [2.05, 4.69) is 15.6 Å². The van der Waals surface area contributed by atoms with Crippen molar-refractivity contribution in [1.82, 2.24) is 14.9 Å². The smallest absolute Gasteiger partial charge is 0.360 e. The van der Waals surface area contributed by atoms with Gasteiger partial charge in [-0.25, -0.2) is 9.78 Å². The number of nitrogens with one attached hydrogen (secondary N) is 2. The first-order valence-electron chi connectivity index (χ1n) is 12.7. The number of fused-ring (bicyclic) bond motifs is 1. The molecule has 0 radical (unpaired) electrons. The van der Waals surface area contributed by atoms with E-state index in [1.165, 1.54) is 7.11 Å². The number of aryl methyl sites for hydroxylation is 1. The van der Waals surface area contributed by atoms with E-state index in [0.717, 1.165) is 49.7 Å². The second-order valence-electron chi connectivity index (χ2n) is 9.95. The number of hydrogen-bond acceptors (Lipinski definition) is 7. The third-order valence-corrected chi connectivity index (χ3v) is 7.22. The second kappa shape index (κ2) is 10.3. The molecule has 0 spiro atoms. The Morgan fingerprint density at radius 3 is 2.67 bits per heavy atom. The third kappa shape index (κ3) is 5.23. The fourth-order valence-electron chi connectivity index (χ4n) is 4.75. The van der Waals surface area contributed by atoms with E-state index in [1.807, 2.05) is 12.1 Å². The van der Waals surface area contributed by atoms with Crippen molar-refractivity contribution >= 4 is 29.3 Å². The van der Waals surface area contributed by atoms with Crippen LogP contribution in [0.2, 0.25) is 0 Å². The highest BCUT2D eigenvalue weighted by molar-refractivity contribution is 6.06. The van der Waals surface area contributed by atoms with Crippen molar-refractivity contribution in [1.29, 1.82) is 0 Å². The van der Waals surface area contributed by atoms with Crippen molar-refractivity contribution in [2.75, 3.05) is 37.9 Å². The number of amides is 2. The summed E-state index contributed by atoms with van der Waals surface area (Å²) >= 11 is 0. The summed E-state index contributed by atoms with van der Waals surface area (Å²) in [5.41, 5.74) is 9.47. The minimum Gasteiger partial charge on any atom is -0.458 e. The van der Waals surface area contributed by atoms with Crippen LogP contribution in [0, 0.1) is 11.8 Å². The zero-order valence-corrected chi connectivity index (χ0v) is 20.5. The van der Waals surface area contributed by atoms with E-state index in [4.69, 9.17) is 15.2 Å². The molecular weight excluding hydrogens is 462 g/mol. The number of carbonyl (C=O) groups is 3. The Bertz CT molecular complexity index is 1170. The van der Waals surface area contributed by atoms with Crippen molar-refractivity contribution in [2.24, 2.45) is 11.8 Å². The summed E-state index contributed by atoms with van der Waals surface area (Å²) < 4.78 is 11.9. The summed E-state index contributed by atoms with van der Waals surface area (Å²) in [5, 5.41) is 6.07. The number of benzene rings is 1. The molecule has 0 bridgehead atoms. The van der Waals surface area contributed by atoms with Gasteiger partial charge in [0.15, 0.2) is 5.69 Å². The highest BCUT2D eigenvalue weighted by Crippen LogP contribution is 2.37. The van der Waals surface area contributed by atoms with Crippen LogP contribution in [-0.4, -0.2) is 54.2 Å². The second-order valence-corrected chi connectivity index (χ2v) is 9.95. The van der Waals surface area contributed by atoms with Gasteiger partial charge in [-0.05, 0) is 68.1 Å². The number of nitrogens with zero attached hydrogens (tertiary/aromatic N) is 2. The van der Waals surface area contributed by atoms with Gasteiger partial charge in [0.2, 0.25) is 5.91 Å². The molecule has 0 unspecified atom stereocenters. The van der Waals surface area contributed by atoms with Gasteiger partial charge in [-0.2, -0.15) is 0 Å². The summed E-state index contributed by atoms with van der Waals surface area (Å²) in [6.07, 6.45) is 7.66. The van der Waals surface area contributed by atoms with Crippen LogP contribution < -0.4 is 16.4 Å². The summed E-state index contributed by atoms with van der Waals surface area (Å²) in [7, 11) is 1.53. The van der Waals surface area contributed by atoms with Crippen molar-refractivity contribution in [3.05, 3.63) is 40.8 Å². The molecule has 1 aromatic carbocycles. The molecular formula is C26H33N5O5. The summed E-state index contributed by atoms with van der Waals surface area (Å²) in [5.74, 6) is 0.0246.